The lowest BCUT2D eigenvalue weighted by atomic mass is 10.0. The second kappa shape index (κ2) is 10.3. The van der Waals surface area contributed by atoms with Gasteiger partial charge in [-0.25, -0.2) is 4.79 Å². The topological polar surface area (TPSA) is 74.8 Å². The number of rotatable bonds is 7. The summed E-state index contributed by atoms with van der Waals surface area (Å²) in [6.07, 6.45) is 7.73. The Morgan fingerprint density at radius 1 is 1.09 bits per heavy atom. The molecule has 3 N–H and O–H groups in total. The van der Waals surface area contributed by atoms with Crippen molar-refractivity contribution in [2.24, 2.45) is 10.9 Å². The molecule has 0 radical (unpaired) electrons. The molecule has 0 heterocycles. The first-order valence-electron chi connectivity index (χ1n) is 8.82. The van der Waals surface area contributed by atoms with Gasteiger partial charge in [-0.05, 0) is 39.5 Å². The Labute approximate surface area is 140 Å². The van der Waals surface area contributed by atoms with Crippen LogP contribution in [0.4, 0.5) is 4.79 Å². The van der Waals surface area contributed by atoms with E-state index in [1.807, 2.05) is 20.8 Å². The number of ether oxygens (including phenoxy) is 1. The quantitative estimate of drug-likeness (QED) is 0.382. The van der Waals surface area contributed by atoms with Crippen LogP contribution in [0.25, 0.3) is 0 Å². The van der Waals surface area contributed by atoms with E-state index in [0.29, 0.717) is 13.1 Å². The highest BCUT2D eigenvalue weighted by molar-refractivity contribution is 5.79. The summed E-state index contributed by atoms with van der Waals surface area (Å²) in [4.78, 5) is 15.7. The minimum absolute atomic E-state index is 0.390. The van der Waals surface area contributed by atoms with Crippen molar-refractivity contribution < 1.29 is 9.53 Å². The van der Waals surface area contributed by atoms with Crippen LogP contribution in [-0.2, 0) is 4.74 Å². The predicted molar refractivity (Wildman–Crippen MR) is 94.8 cm³/mol. The molecule has 0 aromatic carbocycles. The summed E-state index contributed by atoms with van der Waals surface area (Å²) < 4.78 is 5.18. The second-order valence-electron chi connectivity index (χ2n) is 7.15. The Bertz CT molecular complexity index is 371. The van der Waals surface area contributed by atoms with Crippen LogP contribution in [0.1, 0.15) is 59.3 Å². The van der Waals surface area contributed by atoms with Gasteiger partial charge in [0.25, 0.3) is 0 Å². The van der Waals surface area contributed by atoms with E-state index in [-0.39, 0.29) is 6.09 Å². The van der Waals surface area contributed by atoms with Gasteiger partial charge in [-0.3, -0.25) is 4.99 Å². The zero-order valence-corrected chi connectivity index (χ0v) is 15.2. The Hall–Kier alpha value is -1.46. The van der Waals surface area contributed by atoms with Gasteiger partial charge in [-0.15, -0.1) is 0 Å². The van der Waals surface area contributed by atoms with Crippen molar-refractivity contribution in [1.29, 1.82) is 0 Å². The lowest BCUT2D eigenvalue weighted by Gasteiger charge is -2.20. The summed E-state index contributed by atoms with van der Waals surface area (Å²) in [5.41, 5.74) is -0.464. The average Bonchev–Trinajstić information content (AvgIpc) is 2.97. The van der Waals surface area contributed by atoms with E-state index in [1.165, 1.54) is 38.5 Å². The molecule has 0 spiro atoms. The molecule has 23 heavy (non-hydrogen) atoms. The molecule has 0 bridgehead atoms. The summed E-state index contributed by atoms with van der Waals surface area (Å²) >= 11 is 0. The molecule has 0 aromatic heterocycles. The van der Waals surface area contributed by atoms with Gasteiger partial charge in [-0.2, -0.15) is 0 Å². The van der Waals surface area contributed by atoms with Crippen LogP contribution in [0.15, 0.2) is 4.99 Å². The van der Waals surface area contributed by atoms with E-state index in [9.17, 15) is 4.79 Å². The highest BCUT2D eigenvalue weighted by Gasteiger charge is 2.15. The molecule has 134 valence electrons. The molecule has 0 saturated heterocycles. The number of alkyl carbamates (subject to hydrolysis) is 1. The lowest BCUT2D eigenvalue weighted by Crippen LogP contribution is -2.42. The van der Waals surface area contributed by atoms with Crippen molar-refractivity contribution in [1.82, 2.24) is 16.0 Å². The van der Waals surface area contributed by atoms with Crippen LogP contribution in [0, 0.1) is 5.92 Å². The fourth-order valence-corrected chi connectivity index (χ4v) is 2.78. The molecular weight excluding hydrogens is 292 g/mol. The minimum Gasteiger partial charge on any atom is -0.444 e. The monoisotopic (exact) mass is 326 g/mol. The third kappa shape index (κ3) is 10.0. The van der Waals surface area contributed by atoms with E-state index >= 15 is 0 Å². The maximum atomic E-state index is 11.5. The van der Waals surface area contributed by atoms with Crippen molar-refractivity contribution in [3.05, 3.63) is 0 Å². The maximum absolute atomic E-state index is 11.5. The Kier molecular flexibility index (Phi) is 8.81. The highest BCUT2D eigenvalue weighted by atomic mass is 16.6. The van der Waals surface area contributed by atoms with E-state index in [4.69, 9.17) is 4.74 Å². The third-order valence-corrected chi connectivity index (χ3v) is 3.87. The standard InChI is InChI=1S/C17H34N4O2/c1-17(2,3)23-16(22)21-13-12-20-15(18-4)19-11-7-10-14-8-5-6-9-14/h14H,5-13H2,1-4H3,(H,21,22)(H2,18,19,20). The molecule has 0 atom stereocenters. The van der Waals surface area contributed by atoms with Crippen LogP contribution in [0.2, 0.25) is 0 Å². The van der Waals surface area contributed by atoms with Gasteiger partial charge in [0.2, 0.25) is 0 Å². The van der Waals surface area contributed by atoms with Crippen LogP contribution in [0.5, 0.6) is 0 Å². The molecule has 1 saturated carbocycles. The number of amides is 1. The molecule has 1 aliphatic rings. The van der Waals surface area contributed by atoms with Crippen molar-refractivity contribution in [3.8, 4) is 0 Å². The number of carbonyl (C=O) groups is 1. The zero-order valence-electron chi connectivity index (χ0n) is 15.2. The van der Waals surface area contributed by atoms with Gasteiger partial charge in [0.15, 0.2) is 5.96 Å². The summed E-state index contributed by atoms with van der Waals surface area (Å²) in [6, 6.07) is 0. The van der Waals surface area contributed by atoms with Crippen LogP contribution in [0.3, 0.4) is 0 Å². The predicted octanol–water partition coefficient (Wildman–Crippen LogP) is 2.65. The maximum Gasteiger partial charge on any atom is 0.407 e. The summed E-state index contributed by atoms with van der Waals surface area (Å²) in [6.45, 7) is 7.60. The largest absolute Gasteiger partial charge is 0.444 e. The van der Waals surface area contributed by atoms with E-state index in [1.54, 1.807) is 7.05 Å². The first-order chi connectivity index (χ1) is 10.9. The van der Waals surface area contributed by atoms with Gasteiger partial charge in [0.05, 0.1) is 0 Å². The number of aliphatic imine (C=N–C) groups is 1. The lowest BCUT2D eigenvalue weighted by molar-refractivity contribution is 0.0529. The summed E-state index contributed by atoms with van der Waals surface area (Å²) in [7, 11) is 1.76. The molecule has 6 nitrogen and oxygen atoms in total. The second-order valence-corrected chi connectivity index (χ2v) is 7.15. The molecule has 1 rings (SSSR count). The van der Waals surface area contributed by atoms with E-state index in [2.05, 4.69) is 20.9 Å². The molecule has 0 aliphatic heterocycles. The van der Waals surface area contributed by atoms with Crippen molar-refractivity contribution in [3.63, 3.8) is 0 Å². The Balaban J connectivity index is 2.04. The third-order valence-electron chi connectivity index (χ3n) is 3.87. The number of hydrogen-bond donors (Lipinski definition) is 3. The van der Waals surface area contributed by atoms with Crippen LogP contribution < -0.4 is 16.0 Å². The fraction of sp³-hybridized carbons (Fsp3) is 0.882. The van der Waals surface area contributed by atoms with Crippen molar-refractivity contribution in [2.45, 2.75) is 64.9 Å². The summed E-state index contributed by atoms with van der Waals surface area (Å²) in [5.74, 6) is 1.72. The molecule has 1 aliphatic carbocycles. The van der Waals surface area contributed by atoms with Gasteiger partial charge in [-0.1, -0.05) is 25.7 Å². The van der Waals surface area contributed by atoms with Crippen LogP contribution >= 0.6 is 0 Å². The number of nitrogens with zero attached hydrogens (tertiary/aromatic N) is 1. The normalized spacial score (nSPS) is 16.3. The van der Waals surface area contributed by atoms with Crippen LogP contribution in [-0.4, -0.2) is 44.3 Å². The Morgan fingerprint density at radius 2 is 1.70 bits per heavy atom. The molecule has 1 amide bonds. The summed E-state index contributed by atoms with van der Waals surface area (Å²) in [5, 5.41) is 9.22. The molecule has 0 aromatic rings. The van der Waals surface area contributed by atoms with Gasteiger partial charge in [0.1, 0.15) is 5.60 Å². The SMILES string of the molecule is CN=C(NCCCC1CCCC1)NCCNC(=O)OC(C)(C)C. The first-order valence-corrected chi connectivity index (χ1v) is 8.82. The van der Waals surface area contributed by atoms with E-state index < -0.39 is 5.60 Å². The molecule has 1 fully saturated rings. The minimum atomic E-state index is -0.464. The van der Waals surface area contributed by atoms with Gasteiger partial charge >= 0.3 is 6.09 Å². The van der Waals surface area contributed by atoms with Crippen molar-refractivity contribution in [2.75, 3.05) is 26.7 Å². The molecular formula is C17H34N4O2. The fourth-order valence-electron chi connectivity index (χ4n) is 2.78. The number of guanidine groups is 1. The van der Waals surface area contributed by atoms with Gasteiger partial charge in [0, 0.05) is 26.7 Å². The zero-order chi connectivity index (χ0) is 17.1. The number of carbonyl (C=O) groups excluding carboxylic acids is 1. The van der Waals surface area contributed by atoms with E-state index in [0.717, 1.165) is 18.4 Å². The molecule has 0 unspecified atom stereocenters. The number of nitrogens with one attached hydrogen (secondary N) is 3. The average molecular weight is 326 g/mol. The number of hydrogen-bond acceptors (Lipinski definition) is 3. The van der Waals surface area contributed by atoms with Gasteiger partial charge < -0.3 is 20.7 Å². The highest BCUT2D eigenvalue weighted by Crippen LogP contribution is 2.28. The molecule has 6 heteroatoms. The smallest absolute Gasteiger partial charge is 0.407 e. The van der Waals surface area contributed by atoms with Crippen molar-refractivity contribution >= 4 is 12.1 Å². The first kappa shape index (κ1) is 19.6. The Morgan fingerprint density at radius 3 is 2.30 bits per heavy atom.